The number of benzene rings is 1. The summed E-state index contributed by atoms with van der Waals surface area (Å²) in [7, 11) is -1.55. The third-order valence-electron chi connectivity index (χ3n) is 3.50. The molecule has 112 valence electrons. The van der Waals surface area contributed by atoms with E-state index >= 15 is 0 Å². The van der Waals surface area contributed by atoms with E-state index in [0.717, 1.165) is 12.1 Å². The summed E-state index contributed by atoms with van der Waals surface area (Å²) in [6.07, 6.45) is -3.97. The van der Waals surface area contributed by atoms with Crippen molar-refractivity contribution in [2.45, 2.75) is 37.1 Å². The number of alkyl halides is 3. The smallest absolute Gasteiger partial charge is 0.416 e. The average molecular weight is 307 g/mol. The molecule has 20 heavy (non-hydrogen) atoms. The fourth-order valence-electron chi connectivity index (χ4n) is 2.30. The van der Waals surface area contributed by atoms with E-state index in [-0.39, 0.29) is 12.5 Å². The van der Waals surface area contributed by atoms with Gasteiger partial charge in [0.2, 0.25) is 0 Å². The van der Waals surface area contributed by atoms with E-state index < -0.39 is 27.5 Å². The van der Waals surface area contributed by atoms with Crippen LogP contribution in [0.15, 0.2) is 18.2 Å². The van der Waals surface area contributed by atoms with E-state index in [1.165, 1.54) is 6.07 Å². The third kappa shape index (κ3) is 2.98. The summed E-state index contributed by atoms with van der Waals surface area (Å²) >= 11 is 0. The maximum Gasteiger partial charge on any atom is 0.416 e. The van der Waals surface area contributed by atoms with Crippen molar-refractivity contribution in [2.24, 2.45) is 5.14 Å². The van der Waals surface area contributed by atoms with Crippen LogP contribution in [0.1, 0.15) is 37.3 Å². The van der Waals surface area contributed by atoms with Crippen molar-refractivity contribution in [2.75, 3.05) is 6.61 Å². The molecule has 0 spiro atoms. The second kappa shape index (κ2) is 5.04. The largest absolute Gasteiger partial charge is 0.493 e. The molecular formula is C13H16F3NO2S. The first kappa shape index (κ1) is 15.3. The quantitative estimate of drug-likeness (QED) is 0.933. The van der Waals surface area contributed by atoms with Crippen molar-refractivity contribution in [3.63, 3.8) is 0 Å². The Morgan fingerprint density at radius 2 is 2.05 bits per heavy atom. The molecule has 2 unspecified atom stereocenters. The van der Waals surface area contributed by atoms with Crippen LogP contribution in [0.5, 0.6) is 5.75 Å². The molecule has 2 rings (SSSR count). The van der Waals surface area contributed by atoms with Crippen LogP contribution in [-0.2, 0) is 17.2 Å². The molecule has 0 fully saturated rings. The van der Waals surface area contributed by atoms with Crippen molar-refractivity contribution in [3.05, 3.63) is 29.3 Å². The second-order valence-corrected chi connectivity index (χ2v) is 7.22. The van der Waals surface area contributed by atoms with Gasteiger partial charge in [-0.15, -0.1) is 0 Å². The van der Waals surface area contributed by atoms with Crippen LogP contribution in [0.2, 0.25) is 0 Å². The highest BCUT2D eigenvalue weighted by Gasteiger charge is 2.36. The minimum Gasteiger partial charge on any atom is -0.493 e. The summed E-state index contributed by atoms with van der Waals surface area (Å²) in [5.41, 5.74) is -0.184. The van der Waals surface area contributed by atoms with E-state index in [1.54, 1.807) is 13.8 Å². The average Bonchev–Trinajstić information content (AvgIpc) is 2.70. The van der Waals surface area contributed by atoms with Crippen LogP contribution in [-0.4, -0.2) is 15.6 Å². The maximum atomic E-state index is 12.7. The van der Waals surface area contributed by atoms with Gasteiger partial charge in [-0.2, -0.15) is 13.2 Å². The molecule has 0 aliphatic carbocycles. The normalized spacial score (nSPS) is 20.4. The lowest BCUT2D eigenvalue weighted by Crippen LogP contribution is -2.34. The molecule has 2 atom stereocenters. The maximum absolute atomic E-state index is 12.7. The molecular weight excluding hydrogens is 291 g/mol. The lowest BCUT2D eigenvalue weighted by molar-refractivity contribution is -0.137. The molecule has 2 N–H and O–H groups in total. The number of nitrogens with two attached hydrogens (primary N) is 1. The Morgan fingerprint density at radius 1 is 1.40 bits per heavy atom. The zero-order valence-electron chi connectivity index (χ0n) is 11.2. The number of fused-ring (bicyclic) bond motifs is 1. The van der Waals surface area contributed by atoms with Gasteiger partial charge in [-0.1, -0.05) is 0 Å². The van der Waals surface area contributed by atoms with Crippen LogP contribution >= 0.6 is 0 Å². The van der Waals surface area contributed by atoms with Crippen molar-refractivity contribution < 1.29 is 22.1 Å². The molecule has 1 aromatic carbocycles. The molecule has 1 aromatic rings. The molecule has 1 aliphatic heterocycles. The number of ether oxygens (including phenoxy) is 1. The van der Waals surface area contributed by atoms with Crippen molar-refractivity contribution >= 4 is 11.0 Å². The zero-order chi connectivity index (χ0) is 15.1. The van der Waals surface area contributed by atoms with Gasteiger partial charge in [-0.05, 0) is 38.5 Å². The summed E-state index contributed by atoms with van der Waals surface area (Å²) in [6.45, 7) is 3.75. The van der Waals surface area contributed by atoms with Gasteiger partial charge in [-0.3, -0.25) is 5.14 Å². The number of halogens is 3. The van der Waals surface area contributed by atoms with Gasteiger partial charge >= 0.3 is 6.18 Å². The molecule has 0 aromatic heterocycles. The molecule has 0 bridgehead atoms. The first-order valence-electron chi connectivity index (χ1n) is 6.11. The van der Waals surface area contributed by atoms with E-state index in [9.17, 15) is 17.4 Å². The Hall–Kier alpha value is -1.08. The minimum atomic E-state index is -4.38. The summed E-state index contributed by atoms with van der Waals surface area (Å²) < 4.78 is 54.4. The molecule has 0 radical (unpaired) electrons. The number of hydrogen-bond acceptors (Lipinski definition) is 2. The predicted octanol–water partition coefficient (Wildman–Crippen LogP) is 2.97. The van der Waals surface area contributed by atoms with E-state index in [4.69, 9.17) is 9.88 Å². The zero-order valence-corrected chi connectivity index (χ0v) is 12.0. The summed E-state index contributed by atoms with van der Waals surface area (Å²) in [6, 6.07) is 3.46. The fraction of sp³-hybridized carbons (Fsp3) is 0.538. The van der Waals surface area contributed by atoms with Crippen molar-refractivity contribution in [3.8, 4) is 5.75 Å². The Balaban J connectivity index is 2.30. The molecule has 3 nitrogen and oxygen atoms in total. The van der Waals surface area contributed by atoms with Crippen LogP contribution < -0.4 is 9.88 Å². The minimum absolute atomic E-state index is 0.227. The van der Waals surface area contributed by atoms with Gasteiger partial charge < -0.3 is 4.74 Å². The van der Waals surface area contributed by atoms with E-state index in [1.807, 2.05) is 0 Å². The Bertz CT molecular complexity index is 543. The lowest BCUT2D eigenvalue weighted by atomic mass is 9.90. The first-order chi connectivity index (χ1) is 9.11. The summed E-state index contributed by atoms with van der Waals surface area (Å²) in [5, 5.41) is 5.42. The fourth-order valence-corrected chi connectivity index (χ4v) is 2.67. The topological polar surface area (TPSA) is 52.3 Å². The SMILES string of the molecule is CC(C)(CC1COc2ccc(C(F)(F)F)cc21)S(N)=O. The molecule has 0 amide bonds. The van der Waals surface area contributed by atoms with Crippen molar-refractivity contribution in [1.29, 1.82) is 0 Å². The highest BCUT2D eigenvalue weighted by atomic mass is 32.2. The van der Waals surface area contributed by atoms with Crippen LogP contribution in [0, 0.1) is 0 Å². The van der Waals surface area contributed by atoms with Crippen LogP contribution in [0.25, 0.3) is 0 Å². The highest BCUT2D eigenvalue weighted by Crippen LogP contribution is 2.42. The summed E-state index contributed by atoms with van der Waals surface area (Å²) in [5.74, 6) is 0.233. The standard InChI is InChI=1S/C13H16F3NO2S/c1-12(2,20(17)18)6-8-7-19-11-4-3-9(5-10(8)11)13(14,15)16/h3-5,8H,6-7,17H2,1-2H3. The number of hydrogen-bond donors (Lipinski definition) is 1. The molecule has 0 saturated heterocycles. The van der Waals surface area contributed by atoms with Gasteiger partial charge in [0.05, 0.1) is 27.9 Å². The molecule has 1 heterocycles. The Kier molecular flexibility index (Phi) is 3.85. The highest BCUT2D eigenvalue weighted by molar-refractivity contribution is 7.84. The Morgan fingerprint density at radius 3 is 2.60 bits per heavy atom. The van der Waals surface area contributed by atoms with Crippen LogP contribution in [0.3, 0.4) is 0 Å². The molecule has 7 heteroatoms. The van der Waals surface area contributed by atoms with Gasteiger partial charge in [-0.25, -0.2) is 4.21 Å². The second-order valence-electron chi connectivity index (χ2n) is 5.52. The van der Waals surface area contributed by atoms with Gasteiger partial charge in [0.15, 0.2) is 0 Å². The molecule has 1 aliphatic rings. The third-order valence-corrected chi connectivity index (χ3v) is 4.76. The lowest BCUT2D eigenvalue weighted by Gasteiger charge is -2.24. The predicted molar refractivity (Wildman–Crippen MR) is 70.7 cm³/mol. The Labute approximate surface area is 117 Å². The molecule has 0 saturated carbocycles. The van der Waals surface area contributed by atoms with Gasteiger partial charge in [0.1, 0.15) is 5.75 Å². The van der Waals surface area contributed by atoms with E-state index in [2.05, 4.69) is 0 Å². The van der Waals surface area contributed by atoms with Crippen molar-refractivity contribution in [1.82, 2.24) is 0 Å². The van der Waals surface area contributed by atoms with E-state index in [0.29, 0.717) is 17.7 Å². The van der Waals surface area contributed by atoms with Gasteiger partial charge in [0.25, 0.3) is 0 Å². The monoisotopic (exact) mass is 307 g/mol. The number of rotatable bonds is 3. The first-order valence-corrected chi connectivity index (χ1v) is 7.33. The van der Waals surface area contributed by atoms with Crippen LogP contribution in [0.4, 0.5) is 13.2 Å². The van der Waals surface area contributed by atoms with Gasteiger partial charge in [0, 0.05) is 11.5 Å². The summed E-state index contributed by atoms with van der Waals surface area (Å²) in [4.78, 5) is 0.